The van der Waals surface area contributed by atoms with Crippen LogP contribution in [0.25, 0.3) is 11.4 Å². The Hall–Kier alpha value is -2.80. The zero-order valence-electron chi connectivity index (χ0n) is 16.7. The Morgan fingerprint density at radius 1 is 1.11 bits per heavy atom. The molecule has 0 fully saturated rings. The summed E-state index contributed by atoms with van der Waals surface area (Å²) in [6.45, 7) is 6.06. The minimum Gasteiger partial charge on any atom is -0.497 e. The van der Waals surface area contributed by atoms with Crippen LogP contribution in [-0.4, -0.2) is 33.5 Å². The zero-order valence-corrected chi connectivity index (χ0v) is 17.6. The van der Waals surface area contributed by atoms with Gasteiger partial charge in [-0.2, -0.15) is 0 Å². The number of hydrogen-bond acceptors (Lipinski definition) is 5. The van der Waals surface area contributed by atoms with Crippen LogP contribution < -0.4 is 10.1 Å². The molecule has 1 heterocycles. The van der Waals surface area contributed by atoms with Crippen molar-refractivity contribution in [1.29, 1.82) is 0 Å². The van der Waals surface area contributed by atoms with Gasteiger partial charge in [0.05, 0.1) is 12.9 Å². The number of rotatable bonds is 6. The first-order valence-electron chi connectivity index (χ1n) is 8.93. The van der Waals surface area contributed by atoms with E-state index in [2.05, 4.69) is 34.6 Å². The van der Waals surface area contributed by atoms with Gasteiger partial charge in [0.1, 0.15) is 5.75 Å². The first-order valence-corrected chi connectivity index (χ1v) is 9.92. The van der Waals surface area contributed by atoms with Crippen LogP contribution in [0.4, 0.5) is 5.69 Å². The van der Waals surface area contributed by atoms with Crippen molar-refractivity contribution in [2.24, 2.45) is 7.05 Å². The van der Waals surface area contributed by atoms with E-state index < -0.39 is 0 Å². The SMILES string of the molecule is COc1ccc(-c2nnc(SCC(=O)Nc3c(C)cc(C)cc3C)n2C)cc1. The highest BCUT2D eigenvalue weighted by Gasteiger charge is 2.14. The molecule has 0 aliphatic heterocycles. The molecule has 0 atom stereocenters. The summed E-state index contributed by atoms with van der Waals surface area (Å²) in [5.41, 5.74) is 5.14. The first kappa shape index (κ1) is 19.9. The molecule has 2 aromatic carbocycles. The van der Waals surface area contributed by atoms with Gasteiger partial charge in [-0.25, -0.2) is 0 Å². The molecule has 3 aromatic rings. The molecule has 0 saturated carbocycles. The van der Waals surface area contributed by atoms with Gasteiger partial charge in [0.25, 0.3) is 0 Å². The Balaban J connectivity index is 1.66. The molecule has 1 N–H and O–H groups in total. The Bertz CT molecular complexity index is 973. The zero-order chi connectivity index (χ0) is 20.3. The fraction of sp³-hybridized carbons (Fsp3) is 0.286. The largest absolute Gasteiger partial charge is 0.497 e. The van der Waals surface area contributed by atoms with Crippen molar-refractivity contribution >= 4 is 23.4 Å². The van der Waals surface area contributed by atoms with E-state index in [-0.39, 0.29) is 11.7 Å². The Labute approximate surface area is 169 Å². The Morgan fingerprint density at radius 3 is 2.36 bits per heavy atom. The van der Waals surface area contributed by atoms with E-state index in [0.29, 0.717) is 5.16 Å². The molecule has 0 aliphatic rings. The lowest BCUT2D eigenvalue weighted by Gasteiger charge is -2.12. The minimum atomic E-state index is -0.0611. The number of carbonyl (C=O) groups excluding carboxylic acids is 1. The summed E-state index contributed by atoms with van der Waals surface area (Å²) in [6, 6.07) is 11.8. The average molecular weight is 397 g/mol. The average Bonchev–Trinajstić information content (AvgIpc) is 3.03. The second kappa shape index (κ2) is 8.48. The van der Waals surface area contributed by atoms with Gasteiger partial charge in [-0.1, -0.05) is 29.5 Å². The smallest absolute Gasteiger partial charge is 0.234 e. The second-order valence-corrected chi connectivity index (χ2v) is 7.65. The molecule has 0 bridgehead atoms. The summed E-state index contributed by atoms with van der Waals surface area (Å²) in [6.07, 6.45) is 0. The van der Waals surface area contributed by atoms with Gasteiger partial charge >= 0.3 is 0 Å². The normalized spacial score (nSPS) is 10.8. The molecule has 3 rings (SSSR count). The highest BCUT2D eigenvalue weighted by molar-refractivity contribution is 7.99. The number of thioether (sulfide) groups is 1. The second-order valence-electron chi connectivity index (χ2n) is 6.70. The lowest BCUT2D eigenvalue weighted by molar-refractivity contribution is -0.113. The molecule has 146 valence electrons. The van der Waals surface area contributed by atoms with Crippen LogP contribution in [0.5, 0.6) is 5.75 Å². The Kier molecular flexibility index (Phi) is 6.04. The highest BCUT2D eigenvalue weighted by atomic mass is 32.2. The predicted molar refractivity (Wildman–Crippen MR) is 113 cm³/mol. The van der Waals surface area contributed by atoms with Gasteiger partial charge in [0.2, 0.25) is 5.91 Å². The number of methoxy groups -OCH3 is 1. The van der Waals surface area contributed by atoms with E-state index in [0.717, 1.165) is 34.0 Å². The number of benzene rings is 2. The van der Waals surface area contributed by atoms with Crippen LogP contribution in [-0.2, 0) is 11.8 Å². The molecule has 0 radical (unpaired) electrons. The number of carbonyl (C=O) groups is 1. The van der Waals surface area contributed by atoms with Crippen molar-refractivity contribution in [1.82, 2.24) is 14.8 Å². The molecule has 6 nitrogen and oxygen atoms in total. The molecular weight excluding hydrogens is 372 g/mol. The number of aromatic nitrogens is 3. The number of nitrogens with one attached hydrogen (secondary N) is 1. The molecular formula is C21H24N4O2S. The fourth-order valence-electron chi connectivity index (χ4n) is 3.11. The van der Waals surface area contributed by atoms with E-state index in [9.17, 15) is 4.79 Å². The first-order chi connectivity index (χ1) is 13.4. The van der Waals surface area contributed by atoms with Gasteiger partial charge < -0.3 is 14.6 Å². The van der Waals surface area contributed by atoms with E-state index in [1.54, 1.807) is 7.11 Å². The summed E-state index contributed by atoms with van der Waals surface area (Å²) in [5.74, 6) is 1.74. The summed E-state index contributed by atoms with van der Waals surface area (Å²) >= 11 is 1.37. The maximum atomic E-state index is 12.4. The predicted octanol–water partition coefficient (Wildman–Crippen LogP) is 4.15. The third-order valence-electron chi connectivity index (χ3n) is 4.46. The maximum Gasteiger partial charge on any atom is 0.234 e. The third kappa shape index (κ3) is 4.36. The molecule has 0 aliphatic carbocycles. The van der Waals surface area contributed by atoms with Gasteiger partial charge in [-0.3, -0.25) is 4.79 Å². The van der Waals surface area contributed by atoms with E-state index in [4.69, 9.17) is 4.74 Å². The molecule has 0 saturated heterocycles. The number of nitrogens with zero attached hydrogens (tertiary/aromatic N) is 3. The molecule has 0 spiro atoms. The minimum absolute atomic E-state index is 0.0611. The summed E-state index contributed by atoms with van der Waals surface area (Å²) in [5, 5.41) is 12.2. The summed E-state index contributed by atoms with van der Waals surface area (Å²) < 4.78 is 7.08. The van der Waals surface area contributed by atoms with E-state index in [1.165, 1.54) is 17.3 Å². The van der Waals surface area contributed by atoms with Crippen LogP contribution in [0.2, 0.25) is 0 Å². The van der Waals surface area contributed by atoms with Gasteiger partial charge in [-0.15, -0.1) is 10.2 Å². The van der Waals surface area contributed by atoms with Crippen LogP contribution >= 0.6 is 11.8 Å². The van der Waals surface area contributed by atoms with Crippen LogP contribution in [0.3, 0.4) is 0 Å². The van der Waals surface area contributed by atoms with Crippen LogP contribution in [0, 0.1) is 20.8 Å². The van der Waals surface area contributed by atoms with Gasteiger partial charge in [0.15, 0.2) is 11.0 Å². The van der Waals surface area contributed by atoms with Crippen LogP contribution in [0.15, 0.2) is 41.6 Å². The number of amides is 1. The number of hydrogen-bond donors (Lipinski definition) is 1. The quantitative estimate of drug-likeness (QED) is 0.634. The number of aryl methyl sites for hydroxylation is 3. The molecule has 7 heteroatoms. The summed E-state index contributed by atoms with van der Waals surface area (Å²) in [4.78, 5) is 12.4. The molecule has 0 unspecified atom stereocenters. The molecule has 1 aromatic heterocycles. The summed E-state index contributed by atoms with van der Waals surface area (Å²) in [7, 11) is 3.53. The van der Waals surface area contributed by atoms with Crippen molar-refractivity contribution < 1.29 is 9.53 Å². The van der Waals surface area contributed by atoms with Crippen molar-refractivity contribution in [2.75, 3.05) is 18.2 Å². The van der Waals surface area contributed by atoms with E-state index in [1.807, 2.05) is 49.7 Å². The highest BCUT2D eigenvalue weighted by Crippen LogP contribution is 2.25. The number of anilines is 1. The lowest BCUT2D eigenvalue weighted by atomic mass is 10.1. The lowest BCUT2D eigenvalue weighted by Crippen LogP contribution is -2.16. The molecule has 28 heavy (non-hydrogen) atoms. The molecule has 1 amide bonds. The standard InChI is InChI=1S/C21H24N4O2S/c1-13-10-14(2)19(15(3)11-13)22-18(26)12-28-21-24-23-20(25(21)4)16-6-8-17(27-5)9-7-16/h6-11H,12H2,1-5H3,(H,22,26). The van der Waals surface area contributed by atoms with Gasteiger partial charge in [0, 0.05) is 18.3 Å². The van der Waals surface area contributed by atoms with Crippen molar-refractivity contribution in [3.8, 4) is 17.1 Å². The van der Waals surface area contributed by atoms with Gasteiger partial charge in [-0.05, 0) is 56.2 Å². The van der Waals surface area contributed by atoms with Crippen molar-refractivity contribution in [3.05, 3.63) is 53.1 Å². The van der Waals surface area contributed by atoms with Crippen molar-refractivity contribution in [2.45, 2.75) is 25.9 Å². The fourth-order valence-corrected chi connectivity index (χ4v) is 3.83. The van der Waals surface area contributed by atoms with Crippen molar-refractivity contribution in [3.63, 3.8) is 0 Å². The van der Waals surface area contributed by atoms with Crippen LogP contribution in [0.1, 0.15) is 16.7 Å². The monoisotopic (exact) mass is 396 g/mol. The maximum absolute atomic E-state index is 12.4. The topological polar surface area (TPSA) is 69.0 Å². The Morgan fingerprint density at radius 2 is 1.75 bits per heavy atom. The number of ether oxygens (including phenoxy) is 1. The third-order valence-corrected chi connectivity index (χ3v) is 5.48. The van der Waals surface area contributed by atoms with E-state index >= 15 is 0 Å².